The summed E-state index contributed by atoms with van der Waals surface area (Å²) in [4.78, 5) is 1.41. The summed E-state index contributed by atoms with van der Waals surface area (Å²) in [5, 5.41) is 4.27. The second kappa shape index (κ2) is 5.04. The van der Waals surface area contributed by atoms with Crippen LogP contribution in [-0.2, 0) is 6.42 Å². The molecule has 1 unspecified atom stereocenters. The van der Waals surface area contributed by atoms with Gasteiger partial charge in [-0.25, -0.2) is 0 Å². The van der Waals surface area contributed by atoms with Crippen molar-refractivity contribution in [3.63, 3.8) is 0 Å². The van der Waals surface area contributed by atoms with Gasteiger partial charge in [-0.05, 0) is 58.6 Å². The van der Waals surface area contributed by atoms with Gasteiger partial charge in [0.2, 0.25) is 0 Å². The SMILES string of the molecule is Clc1cc2c(s1)CCC2Nc1ccc(Cl)c(Br)c1. The van der Waals surface area contributed by atoms with Gasteiger partial charge in [-0.2, -0.15) is 0 Å². The quantitative estimate of drug-likeness (QED) is 0.699. The molecule has 18 heavy (non-hydrogen) atoms. The number of halogens is 3. The Hall–Kier alpha value is -0.220. The normalized spacial score (nSPS) is 17.8. The third-order valence-corrected chi connectivity index (χ3v) is 5.66. The lowest BCUT2D eigenvalue weighted by molar-refractivity contribution is 0.762. The molecule has 0 radical (unpaired) electrons. The maximum atomic E-state index is 6.06. The largest absolute Gasteiger partial charge is 0.378 e. The van der Waals surface area contributed by atoms with E-state index in [4.69, 9.17) is 23.2 Å². The summed E-state index contributed by atoms with van der Waals surface area (Å²) < 4.78 is 1.79. The minimum absolute atomic E-state index is 0.358. The van der Waals surface area contributed by atoms with Crippen molar-refractivity contribution in [3.8, 4) is 0 Å². The molecular weight excluding hydrogens is 353 g/mol. The monoisotopic (exact) mass is 361 g/mol. The van der Waals surface area contributed by atoms with Crippen molar-refractivity contribution in [2.24, 2.45) is 0 Å². The van der Waals surface area contributed by atoms with Crippen LogP contribution in [0.2, 0.25) is 9.36 Å². The Labute approximate surface area is 128 Å². The van der Waals surface area contributed by atoms with Gasteiger partial charge in [0.05, 0.1) is 15.4 Å². The van der Waals surface area contributed by atoms with E-state index in [1.165, 1.54) is 10.4 Å². The first-order chi connectivity index (χ1) is 8.63. The standard InChI is InChI=1S/C13H10BrCl2NS/c14-9-5-7(1-2-10(9)15)17-11-3-4-12-8(11)6-13(16)18-12/h1-2,5-6,11,17H,3-4H2. The summed E-state index contributed by atoms with van der Waals surface area (Å²) in [5.41, 5.74) is 2.42. The highest BCUT2D eigenvalue weighted by Crippen LogP contribution is 2.41. The number of hydrogen-bond acceptors (Lipinski definition) is 2. The first kappa shape index (κ1) is 12.8. The minimum atomic E-state index is 0.358. The lowest BCUT2D eigenvalue weighted by atomic mass is 10.1. The Morgan fingerprint density at radius 2 is 2.11 bits per heavy atom. The summed E-state index contributed by atoms with van der Waals surface area (Å²) in [5.74, 6) is 0. The Kier molecular flexibility index (Phi) is 3.59. The fourth-order valence-corrected chi connectivity index (χ4v) is 4.12. The van der Waals surface area contributed by atoms with Gasteiger partial charge in [-0.15, -0.1) is 11.3 Å². The predicted molar refractivity (Wildman–Crippen MR) is 83.2 cm³/mol. The van der Waals surface area contributed by atoms with Crippen molar-refractivity contribution in [1.29, 1.82) is 0 Å². The van der Waals surface area contributed by atoms with E-state index in [-0.39, 0.29) is 0 Å². The highest BCUT2D eigenvalue weighted by Gasteiger charge is 2.24. The molecular formula is C13H10BrCl2NS. The first-order valence-corrected chi connectivity index (χ1v) is 8.00. The van der Waals surface area contributed by atoms with Crippen LogP contribution in [0, 0.1) is 0 Å². The lowest BCUT2D eigenvalue weighted by Crippen LogP contribution is -2.06. The molecule has 0 fully saturated rings. The third-order valence-electron chi connectivity index (χ3n) is 3.11. The number of anilines is 1. The second-order valence-electron chi connectivity index (χ2n) is 4.29. The molecule has 5 heteroatoms. The molecule has 1 aliphatic rings. The molecule has 1 N–H and O–H groups in total. The van der Waals surface area contributed by atoms with Crippen LogP contribution in [0.5, 0.6) is 0 Å². The molecule has 0 saturated heterocycles. The van der Waals surface area contributed by atoms with Crippen LogP contribution in [0.3, 0.4) is 0 Å². The van der Waals surface area contributed by atoms with Crippen molar-refractivity contribution in [3.05, 3.63) is 48.5 Å². The Bertz CT molecular complexity index is 597. The molecule has 0 spiro atoms. The molecule has 2 aromatic rings. The van der Waals surface area contributed by atoms with Gasteiger partial charge in [0.15, 0.2) is 0 Å². The lowest BCUT2D eigenvalue weighted by Gasteiger charge is -2.15. The van der Waals surface area contributed by atoms with Crippen molar-refractivity contribution in [2.75, 3.05) is 5.32 Å². The number of aryl methyl sites for hydroxylation is 1. The average Bonchev–Trinajstić information content (AvgIpc) is 2.85. The summed E-state index contributed by atoms with van der Waals surface area (Å²) in [7, 11) is 0. The van der Waals surface area contributed by atoms with Crippen molar-refractivity contribution >= 4 is 56.2 Å². The van der Waals surface area contributed by atoms with Crippen LogP contribution >= 0.6 is 50.5 Å². The van der Waals surface area contributed by atoms with Gasteiger partial charge in [0.25, 0.3) is 0 Å². The van der Waals surface area contributed by atoms with Crippen molar-refractivity contribution in [1.82, 2.24) is 0 Å². The zero-order valence-corrected chi connectivity index (χ0v) is 13.3. The molecule has 94 valence electrons. The summed E-state index contributed by atoms with van der Waals surface area (Å²) in [6.07, 6.45) is 2.23. The highest BCUT2D eigenvalue weighted by molar-refractivity contribution is 9.10. The van der Waals surface area contributed by atoms with Crippen molar-refractivity contribution < 1.29 is 0 Å². The average molecular weight is 363 g/mol. The fourth-order valence-electron chi connectivity index (χ4n) is 2.27. The zero-order valence-electron chi connectivity index (χ0n) is 9.34. The van der Waals surface area contributed by atoms with Crippen LogP contribution in [0.4, 0.5) is 5.69 Å². The van der Waals surface area contributed by atoms with Crippen molar-refractivity contribution in [2.45, 2.75) is 18.9 Å². The summed E-state index contributed by atoms with van der Waals surface area (Å²) in [6.45, 7) is 0. The number of hydrogen-bond donors (Lipinski definition) is 1. The summed E-state index contributed by atoms with van der Waals surface area (Å²) in [6, 6.07) is 8.34. The van der Waals surface area contributed by atoms with Crippen LogP contribution < -0.4 is 5.32 Å². The van der Waals surface area contributed by atoms with E-state index in [9.17, 15) is 0 Å². The number of fused-ring (bicyclic) bond motifs is 1. The first-order valence-electron chi connectivity index (χ1n) is 5.63. The number of benzene rings is 1. The van der Waals surface area contributed by atoms with Gasteiger partial charge in [0.1, 0.15) is 0 Å². The number of thiophene rings is 1. The van der Waals surface area contributed by atoms with E-state index in [2.05, 4.69) is 27.3 Å². The Morgan fingerprint density at radius 3 is 2.89 bits per heavy atom. The van der Waals surface area contributed by atoms with E-state index in [0.717, 1.165) is 32.4 Å². The Balaban J connectivity index is 1.83. The van der Waals surface area contributed by atoms with E-state index in [1.807, 2.05) is 18.2 Å². The van der Waals surface area contributed by atoms with Crippen LogP contribution in [0.15, 0.2) is 28.7 Å². The molecule has 1 heterocycles. The molecule has 1 aliphatic carbocycles. The van der Waals surface area contributed by atoms with E-state index in [0.29, 0.717) is 6.04 Å². The number of rotatable bonds is 2. The second-order valence-corrected chi connectivity index (χ2v) is 7.32. The molecule has 1 nitrogen and oxygen atoms in total. The highest BCUT2D eigenvalue weighted by atomic mass is 79.9. The van der Waals surface area contributed by atoms with E-state index in [1.54, 1.807) is 11.3 Å². The van der Waals surface area contributed by atoms with E-state index >= 15 is 0 Å². The fraction of sp³-hybridized carbons (Fsp3) is 0.231. The van der Waals surface area contributed by atoms with Gasteiger partial charge in [-0.1, -0.05) is 23.2 Å². The molecule has 1 aromatic heterocycles. The molecule has 0 bridgehead atoms. The smallest absolute Gasteiger partial charge is 0.0934 e. The van der Waals surface area contributed by atoms with E-state index < -0.39 is 0 Å². The molecule has 0 amide bonds. The molecule has 0 aliphatic heterocycles. The molecule has 0 saturated carbocycles. The molecule has 3 rings (SSSR count). The van der Waals surface area contributed by atoms with Gasteiger partial charge in [0, 0.05) is 15.0 Å². The minimum Gasteiger partial charge on any atom is -0.378 e. The van der Waals surface area contributed by atoms with Gasteiger partial charge < -0.3 is 5.32 Å². The number of nitrogens with one attached hydrogen (secondary N) is 1. The molecule has 1 aromatic carbocycles. The van der Waals surface area contributed by atoms with Gasteiger partial charge in [-0.3, -0.25) is 0 Å². The Morgan fingerprint density at radius 1 is 1.28 bits per heavy atom. The summed E-state index contributed by atoms with van der Waals surface area (Å²) >= 11 is 17.2. The topological polar surface area (TPSA) is 12.0 Å². The van der Waals surface area contributed by atoms with Crippen LogP contribution in [0.25, 0.3) is 0 Å². The van der Waals surface area contributed by atoms with Crippen LogP contribution in [-0.4, -0.2) is 0 Å². The molecule has 1 atom stereocenters. The predicted octanol–water partition coefficient (Wildman–Crippen LogP) is 5.92. The third kappa shape index (κ3) is 2.42. The maximum absolute atomic E-state index is 6.06. The maximum Gasteiger partial charge on any atom is 0.0934 e. The van der Waals surface area contributed by atoms with Crippen LogP contribution in [0.1, 0.15) is 22.9 Å². The zero-order chi connectivity index (χ0) is 12.7. The van der Waals surface area contributed by atoms with Gasteiger partial charge >= 0.3 is 0 Å².